The van der Waals surface area contributed by atoms with Gasteiger partial charge in [0, 0.05) is 26.1 Å². The Morgan fingerprint density at radius 3 is 1.86 bits per heavy atom. The number of likely N-dealkylation sites (tertiary alicyclic amines) is 1. The van der Waals surface area contributed by atoms with E-state index in [1.807, 2.05) is 12.1 Å². The Hall–Kier alpha value is -2.81. The Kier molecular flexibility index (Phi) is 19.0. The average Bonchev–Trinajstić information content (AvgIpc) is 3.37. The highest BCUT2D eigenvalue weighted by Crippen LogP contribution is 2.30. The molecule has 36 heavy (non-hydrogen) atoms. The zero-order valence-corrected chi connectivity index (χ0v) is 20.6. The Morgan fingerprint density at radius 1 is 0.861 bits per heavy atom. The first-order valence-electron chi connectivity index (χ1n) is 11.4. The van der Waals surface area contributed by atoms with Crippen LogP contribution in [-0.2, 0) is 19.0 Å². The quantitative estimate of drug-likeness (QED) is 0.381. The summed E-state index contributed by atoms with van der Waals surface area (Å²) in [7, 11) is 0. The van der Waals surface area contributed by atoms with Crippen LogP contribution in [0.25, 0.3) is 0 Å². The highest BCUT2D eigenvalue weighted by atomic mass is 16.6. The van der Waals surface area contributed by atoms with Gasteiger partial charge < -0.3 is 41.0 Å². The molecule has 1 unspecified atom stereocenters. The number of terminal acetylenes is 1. The van der Waals surface area contributed by atoms with Gasteiger partial charge >= 0.3 is 5.97 Å². The molecule has 0 aliphatic carbocycles. The third-order valence-electron chi connectivity index (χ3n) is 5.89. The molecule has 4 rings (SSSR count). The Balaban J connectivity index is 0. The molecule has 0 spiro atoms. The van der Waals surface area contributed by atoms with E-state index in [0.717, 1.165) is 38.9 Å². The van der Waals surface area contributed by atoms with Gasteiger partial charge in [0.15, 0.2) is 0 Å². The van der Waals surface area contributed by atoms with Crippen molar-refractivity contribution in [2.45, 2.75) is 44.0 Å². The summed E-state index contributed by atoms with van der Waals surface area (Å²) in [5.74, 6) is -0.114. The fourth-order valence-electron chi connectivity index (χ4n) is 4.17. The van der Waals surface area contributed by atoms with Gasteiger partial charge in [-0.2, -0.15) is 0 Å². The number of esters is 1. The van der Waals surface area contributed by atoms with E-state index in [4.69, 9.17) is 14.2 Å². The summed E-state index contributed by atoms with van der Waals surface area (Å²) < 4.78 is 17.3. The molecule has 0 bridgehead atoms. The number of nitrogens with zero attached hydrogens (tertiary/aromatic N) is 1. The Labute approximate surface area is 213 Å². The molecular formula is C27H41NO8. The molecule has 0 aromatic heterocycles. The molecule has 1 atom stereocenters. The zero-order valence-electron chi connectivity index (χ0n) is 20.6. The van der Waals surface area contributed by atoms with Crippen molar-refractivity contribution in [3.63, 3.8) is 0 Å². The largest absolute Gasteiger partial charge is 0.460 e. The number of rotatable bonds is 8. The molecule has 0 radical (unpaired) electrons. The monoisotopic (exact) mass is 507 g/mol. The third kappa shape index (κ3) is 10.8. The maximum Gasteiger partial charge on any atom is 0.307 e. The number of hydrogen-bond acceptors (Lipinski definition) is 5. The summed E-state index contributed by atoms with van der Waals surface area (Å²) in [4.78, 5) is 14.4. The lowest BCUT2D eigenvalue weighted by Gasteiger charge is -2.34. The molecule has 2 aliphatic heterocycles. The minimum atomic E-state index is -0.114. The minimum Gasteiger partial charge on any atom is -0.460 e. The van der Waals surface area contributed by atoms with Crippen molar-refractivity contribution >= 4 is 5.97 Å². The number of carbonyl (C=O) groups is 1. The Morgan fingerprint density at radius 2 is 1.39 bits per heavy atom. The molecule has 2 aliphatic rings. The van der Waals surface area contributed by atoms with Crippen LogP contribution in [-0.4, -0.2) is 77.8 Å². The van der Waals surface area contributed by atoms with Gasteiger partial charge in [-0.25, -0.2) is 0 Å². The first-order valence-corrected chi connectivity index (χ1v) is 11.4. The van der Waals surface area contributed by atoms with Gasteiger partial charge in [0.05, 0.1) is 25.7 Å². The predicted octanol–water partition coefficient (Wildman–Crippen LogP) is 0.930. The lowest BCUT2D eigenvalue weighted by atomic mass is 10.00. The molecule has 2 fully saturated rings. The minimum absolute atomic E-state index is 0. The number of ether oxygens (including phenoxy) is 3. The fourth-order valence-corrected chi connectivity index (χ4v) is 4.17. The predicted molar refractivity (Wildman–Crippen MR) is 140 cm³/mol. The van der Waals surface area contributed by atoms with Gasteiger partial charge in [0.25, 0.3) is 0 Å². The van der Waals surface area contributed by atoms with Gasteiger partial charge in [-0.05, 0) is 24.0 Å². The van der Waals surface area contributed by atoms with E-state index in [1.54, 1.807) is 0 Å². The number of carbonyl (C=O) groups excluding carboxylic acids is 1. The number of benzene rings is 2. The molecular weight excluding hydrogens is 466 g/mol. The summed E-state index contributed by atoms with van der Waals surface area (Å²) in [5.41, 5.74) is 2.37. The molecule has 0 amide bonds. The van der Waals surface area contributed by atoms with E-state index in [9.17, 15) is 4.79 Å². The van der Waals surface area contributed by atoms with Crippen molar-refractivity contribution in [2.24, 2.45) is 0 Å². The fraction of sp³-hybridized carbons (Fsp3) is 0.444. The van der Waals surface area contributed by atoms with Crippen LogP contribution in [0.3, 0.4) is 0 Å². The number of hydrogen-bond donors (Lipinski definition) is 0. The lowest BCUT2D eigenvalue weighted by Crippen LogP contribution is -2.39. The molecule has 2 saturated heterocycles. The first kappa shape index (κ1) is 35.4. The smallest absolute Gasteiger partial charge is 0.307 e. The van der Waals surface area contributed by atoms with Crippen LogP contribution in [0, 0.1) is 12.8 Å². The summed E-state index contributed by atoms with van der Waals surface area (Å²) in [5, 5.41) is 0. The highest BCUT2D eigenvalue weighted by molar-refractivity contribution is 5.69. The van der Waals surface area contributed by atoms with Gasteiger partial charge in [0.2, 0.25) is 0 Å². The molecule has 9 nitrogen and oxygen atoms in total. The van der Waals surface area contributed by atoms with E-state index in [-0.39, 0.29) is 46.2 Å². The van der Waals surface area contributed by atoms with E-state index in [0.29, 0.717) is 19.6 Å². The van der Waals surface area contributed by atoms with Crippen molar-refractivity contribution in [1.82, 2.24) is 4.90 Å². The van der Waals surface area contributed by atoms with Crippen LogP contribution in [0.1, 0.15) is 42.9 Å². The molecule has 0 saturated carbocycles. The molecule has 2 aromatic rings. The summed E-state index contributed by atoms with van der Waals surface area (Å²) in [6.45, 7) is 3.87. The first-order chi connectivity index (χ1) is 15.8. The van der Waals surface area contributed by atoms with E-state index < -0.39 is 0 Å². The highest BCUT2D eigenvalue weighted by Gasteiger charge is 2.25. The summed E-state index contributed by atoms with van der Waals surface area (Å²) in [6.07, 6.45) is 11.3. The van der Waals surface area contributed by atoms with E-state index in [2.05, 4.69) is 66.3 Å². The zero-order chi connectivity index (χ0) is 22.6. The molecule has 2 aromatic carbocycles. The Bertz CT molecular complexity index is 780. The van der Waals surface area contributed by atoms with Crippen molar-refractivity contribution in [3.8, 4) is 12.8 Å². The van der Waals surface area contributed by atoms with Crippen LogP contribution in [0.2, 0.25) is 0 Å². The lowest BCUT2D eigenvalue weighted by molar-refractivity contribution is -0.149. The van der Waals surface area contributed by atoms with Crippen molar-refractivity contribution in [3.05, 3.63) is 71.8 Å². The second-order valence-electron chi connectivity index (χ2n) is 8.10. The number of piperidine rings is 1. The third-order valence-corrected chi connectivity index (χ3v) is 5.89. The standard InChI is InChI=1S/C25H31NO4.C2H2.4H2O/c27-24(29-23-14-18-28-19-23)13-17-26-15-11-22(12-16-26)30-25(20-7-3-1-4-8-20)21-9-5-2-6-10-21;1-2;;;;/h1-10,22-23,25H,11-19H2;1-2H;4*1H2. The van der Waals surface area contributed by atoms with E-state index in [1.165, 1.54) is 11.1 Å². The van der Waals surface area contributed by atoms with Crippen molar-refractivity contribution in [2.75, 3.05) is 32.8 Å². The van der Waals surface area contributed by atoms with Gasteiger partial charge in [-0.3, -0.25) is 4.79 Å². The van der Waals surface area contributed by atoms with Crippen LogP contribution in [0.4, 0.5) is 0 Å². The molecule has 9 heteroatoms. The summed E-state index contributed by atoms with van der Waals surface area (Å²) in [6, 6.07) is 20.9. The van der Waals surface area contributed by atoms with Crippen molar-refractivity contribution in [1.29, 1.82) is 0 Å². The van der Waals surface area contributed by atoms with Gasteiger partial charge in [0.1, 0.15) is 12.2 Å². The van der Waals surface area contributed by atoms with Gasteiger partial charge in [-0.15, -0.1) is 12.8 Å². The second-order valence-corrected chi connectivity index (χ2v) is 8.10. The normalized spacial score (nSPS) is 17.1. The van der Waals surface area contributed by atoms with Crippen LogP contribution >= 0.6 is 0 Å². The SMILES string of the molecule is C#C.O.O.O.O.O=C(CCN1CCC(OC(c2ccccc2)c2ccccc2)CC1)OC1CCOC1. The summed E-state index contributed by atoms with van der Waals surface area (Å²) >= 11 is 0. The maximum atomic E-state index is 12.0. The topological polar surface area (TPSA) is 174 Å². The second kappa shape index (κ2) is 19.4. The van der Waals surface area contributed by atoms with Crippen LogP contribution < -0.4 is 0 Å². The van der Waals surface area contributed by atoms with Gasteiger partial charge in [-0.1, -0.05) is 60.7 Å². The maximum absolute atomic E-state index is 12.0. The van der Waals surface area contributed by atoms with Crippen LogP contribution in [0.15, 0.2) is 60.7 Å². The van der Waals surface area contributed by atoms with Crippen LogP contribution in [0.5, 0.6) is 0 Å². The van der Waals surface area contributed by atoms with Crippen molar-refractivity contribution < 1.29 is 40.9 Å². The molecule has 2 heterocycles. The van der Waals surface area contributed by atoms with E-state index >= 15 is 0 Å². The molecule has 8 N–H and O–H groups in total. The average molecular weight is 508 g/mol. The molecule has 202 valence electrons.